The standard InChI is InChI=1S/C13H17N5/c1-9-6-11(13(14)17-8-9)12(18-15)7-10-4-2-3-5-16-10/h2-6,8,12,18H,7,15H2,1H3,(H2,14,17). The molecule has 0 saturated heterocycles. The van der Waals surface area contributed by atoms with Crippen LogP contribution in [0.1, 0.15) is 22.9 Å². The number of nitrogen functional groups attached to an aromatic ring is 1. The zero-order valence-corrected chi connectivity index (χ0v) is 10.3. The zero-order chi connectivity index (χ0) is 13.0. The molecule has 0 aliphatic rings. The minimum absolute atomic E-state index is 0.0905. The van der Waals surface area contributed by atoms with Gasteiger partial charge in [-0.1, -0.05) is 6.07 Å². The van der Waals surface area contributed by atoms with Crippen LogP contribution in [0.25, 0.3) is 0 Å². The molecule has 94 valence electrons. The van der Waals surface area contributed by atoms with Crippen LogP contribution in [-0.2, 0) is 6.42 Å². The molecule has 0 amide bonds. The lowest BCUT2D eigenvalue weighted by molar-refractivity contribution is 0.546. The summed E-state index contributed by atoms with van der Waals surface area (Å²) >= 11 is 0. The molecule has 0 bridgehead atoms. The van der Waals surface area contributed by atoms with E-state index in [0.29, 0.717) is 12.2 Å². The van der Waals surface area contributed by atoms with E-state index < -0.39 is 0 Å². The Bertz CT molecular complexity index is 512. The van der Waals surface area contributed by atoms with Crippen molar-refractivity contribution in [1.29, 1.82) is 0 Å². The number of nitrogens with zero attached hydrogens (tertiary/aromatic N) is 2. The molecule has 1 unspecified atom stereocenters. The largest absolute Gasteiger partial charge is 0.383 e. The van der Waals surface area contributed by atoms with E-state index >= 15 is 0 Å². The second kappa shape index (κ2) is 5.57. The molecule has 0 aromatic carbocycles. The minimum atomic E-state index is -0.0905. The Labute approximate surface area is 106 Å². The first kappa shape index (κ1) is 12.5. The molecule has 0 spiro atoms. The van der Waals surface area contributed by atoms with Crippen LogP contribution in [0, 0.1) is 6.92 Å². The Morgan fingerprint density at radius 3 is 2.83 bits per heavy atom. The van der Waals surface area contributed by atoms with Gasteiger partial charge in [0.2, 0.25) is 0 Å². The highest BCUT2D eigenvalue weighted by Gasteiger charge is 2.15. The molecule has 5 nitrogen and oxygen atoms in total. The van der Waals surface area contributed by atoms with Crippen molar-refractivity contribution < 1.29 is 0 Å². The smallest absolute Gasteiger partial charge is 0.128 e. The van der Waals surface area contributed by atoms with Gasteiger partial charge in [0.05, 0.1) is 6.04 Å². The fourth-order valence-corrected chi connectivity index (χ4v) is 1.87. The minimum Gasteiger partial charge on any atom is -0.383 e. The quantitative estimate of drug-likeness (QED) is 0.553. The van der Waals surface area contributed by atoms with Crippen molar-refractivity contribution in [1.82, 2.24) is 15.4 Å². The summed E-state index contributed by atoms with van der Waals surface area (Å²) in [4.78, 5) is 8.44. The molecule has 2 aromatic heterocycles. The number of anilines is 1. The lowest BCUT2D eigenvalue weighted by Gasteiger charge is -2.17. The van der Waals surface area contributed by atoms with Crippen molar-refractivity contribution in [3.05, 3.63) is 53.5 Å². The Balaban J connectivity index is 2.26. The monoisotopic (exact) mass is 243 g/mol. The molecule has 0 radical (unpaired) electrons. The first-order valence-corrected chi connectivity index (χ1v) is 5.78. The molecular formula is C13H17N5. The van der Waals surface area contributed by atoms with Gasteiger partial charge in [-0.25, -0.2) is 4.98 Å². The van der Waals surface area contributed by atoms with Crippen molar-refractivity contribution in [3.8, 4) is 0 Å². The summed E-state index contributed by atoms with van der Waals surface area (Å²) in [7, 11) is 0. The second-order valence-electron chi connectivity index (χ2n) is 4.23. The van der Waals surface area contributed by atoms with Gasteiger partial charge in [-0.3, -0.25) is 16.3 Å². The fraction of sp³-hybridized carbons (Fsp3) is 0.231. The van der Waals surface area contributed by atoms with E-state index in [1.165, 1.54) is 0 Å². The summed E-state index contributed by atoms with van der Waals surface area (Å²) < 4.78 is 0. The summed E-state index contributed by atoms with van der Waals surface area (Å²) in [5.41, 5.74) is 11.6. The van der Waals surface area contributed by atoms with E-state index in [1.807, 2.05) is 31.2 Å². The number of aryl methyl sites for hydroxylation is 1. The van der Waals surface area contributed by atoms with Crippen molar-refractivity contribution in [2.45, 2.75) is 19.4 Å². The Kier molecular flexibility index (Phi) is 3.86. The van der Waals surface area contributed by atoms with Gasteiger partial charge >= 0.3 is 0 Å². The molecule has 2 aromatic rings. The number of nitrogens with one attached hydrogen (secondary N) is 1. The Morgan fingerprint density at radius 2 is 2.17 bits per heavy atom. The maximum Gasteiger partial charge on any atom is 0.128 e. The van der Waals surface area contributed by atoms with Crippen LogP contribution >= 0.6 is 0 Å². The summed E-state index contributed by atoms with van der Waals surface area (Å²) in [6, 6.07) is 7.71. The highest BCUT2D eigenvalue weighted by atomic mass is 15.2. The second-order valence-corrected chi connectivity index (χ2v) is 4.23. The molecular weight excluding hydrogens is 226 g/mol. The third kappa shape index (κ3) is 2.82. The van der Waals surface area contributed by atoms with Crippen LogP contribution in [0.2, 0.25) is 0 Å². The first-order valence-electron chi connectivity index (χ1n) is 5.78. The van der Waals surface area contributed by atoms with Crippen molar-refractivity contribution in [2.24, 2.45) is 5.84 Å². The molecule has 5 N–H and O–H groups in total. The van der Waals surface area contributed by atoms with Gasteiger partial charge < -0.3 is 5.73 Å². The van der Waals surface area contributed by atoms with Gasteiger partial charge in [-0.15, -0.1) is 0 Å². The lowest BCUT2D eigenvalue weighted by Crippen LogP contribution is -2.30. The Morgan fingerprint density at radius 1 is 1.33 bits per heavy atom. The molecule has 0 aliphatic heterocycles. The maximum absolute atomic E-state index is 5.89. The number of hydrogen-bond donors (Lipinski definition) is 3. The molecule has 2 heterocycles. The molecule has 2 rings (SSSR count). The molecule has 1 atom stereocenters. The topological polar surface area (TPSA) is 89.8 Å². The lowest BCUT2D eigenvalue weighted by atomic mass is 10.0. The van der Waals surface area contributed by atoms with Crippen LogP contribution in [0.15, 0.2) is 36.7 Å². The van der Waals surface area contributed by atoms with Gasteiger partial charge in [-0.05, 0) is 30.7 Å². The zero-order valence-electron chi connectivity index (χ0n) is 10.3. The number of aromatic nitrogens is 2. The van der Waals surface area contributed by atoms with Crippen LogP contribution in [0.4, 0.5) is 5.82 Å². The number of hydrogen-bond acceptors (Lipinski definition) is 5. The number of nitrogens with two attached hydrogens (primary N) is 2. The highest BCUT2D eigenvalue weighted by Crippen LogP contribution is 2.22. The molecule has 0 fully saturated rings. The van der Waals surface area contributed by atoms with Crippen LogP contribution < -0.4 is 17.0 Å². The normalized spacial score (nSPS) is 12.3. The SMILES string of the molecule is Cc1cnc(N)c(C(Cc2ccccn2)NN)c1. The number of pyridine rings is 2. The summed E-state index contributed by atoms with van der Waals surface area (Å²) in [6.45, 7) is 1.98. The van der Waals surface area contributed by atoms with E-state index in [4.69, 9.17) is 11.6 Å². The van der Waals surface area contributed by atoms with Crippen LogP contribution in [0.5, 0.6) is 0 Å². The average molecular weight is 243 g/mol. The average Bonchev–Trinajstić information content (AvgIpc) is 2.40. The maximum atomic E-state index is 5.89. The molecule has 5 heteroatoms. The van der Waals surface area contributed by atoms with E-state index in [2.05, 4.69) is 15.4 Å². The number of rotatable bonds is 4. The molecule has 0 aliphatic carbocycles. The predicted molar refractivity (Wildman–Crippen MR) is 71.4 cm³/mol. The van der Waals surface area contributed by atoms with Crippen molar-refractivity contribution in [3.63, 3.8) is 0 Å². The summed E-state index contributed by atoms with van der Waals surface area (Å²) in [6.07, 6.45) is 4.18. The first-order chi connectivity index (χ1) is 8.70. The van der Waals surface area contributed by atoms with Gasteiger partial charge in [0.1, 0.15) is 5.82 Å². The van der Waals surface area contributed by atoms with Crippen molar-refractivity contribution >= 4 is 5.82 Å². The predicted octanol–water partition coefficient (Wildman–Crippen LogP) is 1.11. The van der Waals surface area contributed by atoms with E-state index in [0.717, 1.165) is 16.8 Å². The summed E-state index contributed by atoms with van der Waals surface area (Å²) in [5.74, 6) is 6.11. The van der Waals surface area contributed by atoms with E-state index in [1.54, 1.807) is 12.4 Å². The molecule has 0 saturated carbocycles. The van der Waals surface area contributed by atoms with Crippen molar-refractivity contribution in [2.75, 3.05) is 5.73 Å². The van der Waals surface area contributed by atoms with Gasteiger partial charge in [-0.2, -0.15) is 0 Å². The Hall–Kier alpha value is -1.98. The van der Waals surface area contributed by atoms with E-state index in [9.17, 15) is 0 Å². The third-order valence-corrected chi connectivity index (χ3v) is 2.80. The van der Waals surface area contributed by atoms with Gasteiger partial charge in [0.25, 0.3) is 0 Å². The summed E-state index contributed by atoms with van der Waals surface area (Å²) in [5, 5.41) is 0. The van der Waals surface area contributed by atoms with Crippen LogP contribution in [-0.4, -0.2) is 9.97 Å². The highest BCUT2D eigenvalue weighted by molar-refractivity contribution is 5.43. The van der Waals surface area contributed by atoms with E-state index in [-0.39, 0.29) is 6.04 Å². The van der Waals surface area contributed by atoms with Gasteiger partial charge in [0, 0.05) is 30.1 Å². The van der Waals surface area contributed by atoms with Gasteiger partial charge in [0.15, 0.2) is 0 Å². The fourth-order valence-electron chi connectivity index (χ4n) is 1.87. The third-order valence-electron chi connectivity index (χ3n) is 2.80. The van der Waals surface area contributed by atoms with Crippen LogP contribution in [0.3, 0.4) is 0 Å². The molecule has 18 heavy (non-hydrogen) atoms. The number of hydrazine groups is 1.